The summed E-state index contributed by atoms with van der Waals surface area (Å²) in [6.45, 7) is 0.0527. The van der Waals surface area contributed by atoms with Crippen LogP contribution in [0.4, 0.5) is 0 Å². The summed E-state index contributed by atoms with van der Waals surface area (Å²) in [6.07, 6.45) is 0. The summed E-state index contributed by atoms with van der Waals surface area (Å²) in [5, 5.41) is 29.4. The maximum absolute atomic E-state index is 8.85. The summed E-state index contributed by atoms with van der Waals surface area (Å²) in [4.78, 5) is 0. The molecule has 12 heavy (non-hydrogen) atoms. The van der Waals surface area contributed by atoms with Crippen LogP contribution in [0.3, 0.4) is 0 Å². The molecular weight excluding hydrogens is 162 g/mol. The largest absolute Gasteiger partial charge is 0.394 e. The van der Waals surface area contributed by atoms with Gasteiger partial charge in [0, 0.05) is 13.7 Å². The molecule has 5 nitrogen and oxygen atoms in total. The molecule has 0 aromatic heterocycles. The molecule has 4 N–H and O–H groups in total. The number of ether oxygens (including phenoxy) is 1. The van der Waals surface area contributed by atoms with E-state index in [0.29, 0.717) is 13.2 Å². The molecule has 74 valence electrons. The lowest BCUT2D eigenvalue weighted by Gasteiger charge is -2.28. The van der Waals surface area contributed by atoms with Gasteiger partial charge in [-0.3, -0.25) is 0 Å². The highest BCUT2D eigenvalue weighted by molar-refractivity contribution is 4.85. The van der Waals surface area contributed by atoms with E-state index in [1.165, 1.54) is 0 Å². The molecule has 0 aliphatic carbocycles. The normalized spacial score (nSPS) is 12.0. The molecule has 0 aliphatic rings. The second-order valence-electron chi connectivity index (χ2n) is 2.67. The van der Waals surface area contributed by atoms with Crippen molar-refractivity contribution in [2.45, 2.75) is 5.54 Å². The van der Waals surface area contributed by atoms with E-state index in [4.69, 9.17) is 20.1 Å². The van der Waals surface area contributed by atoms with Gasteiger partial charge in [-0.2, -0.15) is 0 Å². The molecule has 0 radical (unpaired) electrons. The Morgan fingerprint density at radius 1 is 1.17 bits per heavy atom. The van der Waals surface area contributed by atoms with Crippen molar-refractivity contribution < 1.29 is 20.1 Å². The zero-order chi connectivity index (χ0) is 9.45. The highest BCUT2D eigenvalue weighted by Crippen LogP contribution is 2.00. The van der Waals surface area contributed by atoms with Gasteiger partial charge in [0.1, 0.15) is 0 Å². The minimum absolute atomic E-state index is 0.302. The van der Waals surface area contributed by atoms with Gasteiger partial charge in [0.15, 0.2) is 0 Å². The van der Waals surface area contributed by atoms with Crippen LogP contribution in [0.1, 0.15) is 0 Å². The molecule has 0 aromatic rings. The van der Waals surface area contributed by atoms with Gasteiger partial charge in [-0.25, -0.2) is 0 Å². The van der Waals surface area contributed by atoms with E-state index < -0.39 is 5.54 Å². The van der Waals surface area contributed by atoms with Gasteiger partial charge in [-0.05, 0) is 0 Å². The van der Waals surface area contributed by atoms with Crippen molar-refractivity contribution >= 4 is 0 Å². The van der Waals surface area contributed by atoms with Crippen molar-refractivity contribution in [3.8, 4) is 0 Å². The standard InChI is InChI=1S/C7H17NO4/c1-12-3-2-8-7(4-9,5-10)6-11/h8-11H,2-6H2,1H3. The third-order valence-corrected chi connectivity index (χ3v) is 1.71. The summed E-state index contributed by atoms with van der Waals surface area (Å²) in [5.41, 5.74) is -0.988. The average molecular weight is 179 g/mol. The van der Waals surface area contributed by atoms with Crippen LogP contribution >= 0.6 is 0 Å². The molecular formula is C7H17NO4. The lowest BCUT2D eigenvalue weighted by Crippen LogP contribution is -2.55. The molecule has 0 rings (SSSR count). The topological polar surface area (TPSA) is 82.0 Å². The van der Waals surface area contributed by atoms with Crippen LogP contribution in [-0.2, 0) is 4.74 Å². The van der Waals surface area contributed by atoms with Crippen LogP contribution in [-0.4, -0.2) is 60.9 Å². The zero-order valence-corrected chi connectivity index (χ0v) is 7.29. The van der Waals surface area contributed by atoms with Crippen LogP contribution in [0.5, 0.6) is 0 Å². The van der Waals surface area contributed by atoms with Gasteiger partial charge in [-0.1, -0.05) is 0 Å². The van der Waals surface area contributed by atoms with E-state index in [9.17, 15) is 0 Å². The molecule has 0 atom stereocenters. The number of methoxy groups -OCH3 is 1. The monoisotopic (exact) mass is 179 g/mol. The molecule has 0 saturated carbocycles. The third-order valence-electron chi connectivity index (χ3n) is 1.71. The summed E-state index contributed by atoms with van der Waals surface area (Å²) in [6, 6.07) is 0. The van der Waals surface area contributed by atoms with E-state index in [0.717, 1.165) is 0 Å². The summed E-state index contributed by atoms with van der Waals surface area (Å²) >= 11 is 0. The summed E-state index contributed by atoms with van der Waals surface area (Å²) in [7, 11) is 1.56. The van der Waals surface area contributed by atoms with Crippen molar-refractivity contribution in [3.05, 3.63) is 0 Å². The third kappa shape index (κ3) is 3.46. The fourth-order valence-corrected chi connectivity index (χ4v) is 0.736. The Hall–Kier alpha value is -0.200. The van der Waals surface area contributed by atoms with Crippen LogP contribution in [0, 0.1) is 0 Å². The first-order chi connectivity index (χ1) is 5.74. The van der Waals surface area contributed by atoms with E-state index in [1.54, 1.807) is 7.11 Å². The minimum Gasteiger partial charge on any atom is -0.394 e. The lowest BCUT2D eigenvalue weighted by molar-refractivity contribution is 0.0377. The van der Waals surface area contributed by atoms with E-state index in [1.807, 2.05) is 0 Å². The minimum atomic E-state index is -0.988. The van der Waals surface area contributed by atoms with Crippen molar-refractivity contribution in [1.29, 1.82) is 0 Å². The van der Waals surface area contributed by atoms with Gasteiger partial charge in [0.05, 0.1) is 32.0 Å². The molecule has 0 bridgehead atoms. The first-order valence-corrected chi connectivity index (χ1v) is 3.81. The Labute approximate surface area is 72.0 Å². The molecule has 0 amide bonds. The van der Waals surface area contributed by atoms with E-state index in [2.05, 4.69) is 5.32 Å². The average Bonchev–Trinajstić information content (AvgIpc) is 2.14. The zero-order valence-electron chi connectivity index (χ0n) is 7.29. The number of aliphatic hydroxyl groups excluding tert-OH is 3. The number of aliphatic hydroxyl groups is 3. The fraction of sp³-hybridized carbons (Fsp3) is 1.00. The smallest absolute Gasteiger partial charge is 0.0882 e. The molecule has 0 fully saturated rings. The lowest BCUT2D eigenvalue weighted by atomic mass is 10.0. The molecule has 0 unspecified atom stereocenters. The number of rotatable bonds is 7. The van der Waals surface area contributed by atoms with Gasteiger partial charge in [0.2, 0.25) is 0 Å². The highest BCUT2D eigenvalue weighted by Gasteiger charge is 2.26. The van der Waals surface area contributed by atoms with E-state index >= 15 is 0 Å². The second kappa shape index (κ2) is 6.33. The molecule has 0 saturated heterocycles. The van der Waals surface area contributed by atoms with Gasteiger partial charge in [0.25, 0.3) is 0 Å². The van der Waals surface area contributed by atoms with Gasteiger partial charge >= 0.3 is 0 Å². The summed E-state index contributed by atoms with van der Waals surface area (Å²) in [5.74, 6) is 0. The van der Waals surface area contributed by atoms with Crippen LogP contribution in [0.2, 0.25) is 0 Å². The molecule has 5 heteroatoms. The van der Waals surface area contributed by atoms with Crippen molar-refractivity contribution in [2.24, 2.45) is 0 Å². The molecule has 0 aliphatic heterocycles. The molecule has 0 heterocycles. The SMILES string of the molecule is COCCNC(CO)(CO)CO. The number of nitrogens with one attached hydrogen (secondary N) is 1. The number of hydrogen-bond acceptors (Lipinski definition) is 5. The second-order valence-corrected chi connectivity index (χ2v) is 2.67. The van der Waals surface area contributed by atoms with Crippen molar-refractivity contribution in [1.82, 2.24) is 5.32 Å². The first kappa shape index (κ1) is 11.8. The highest BCUT2D eigenvalue weighted by atomic mass is 16.5. The summed E-state index contributed by atoms with van der Waals surface area (Å²) < 4.78 is 4.76. The fourth-order valence-electron chi connectivity index (χ4n) is 0.736. The quantitative estimate of drug-likeness (QED) is 0.338. The van der Waals surface area contributed by atoms with Gasteiger partial charge in [-0.15, -0.1) is 0 Å². The number of hydrogen-bond donors (Lipinski definition) is 4. The van der Waals surface area contributed by atoms with Crippen molar-refractivity contribution in [3.63, 3.8) is 0 Å². The maximum Gasteiger partial charge on any atom is 0.0882 e. The predicted molar refractivity (Wildman–Crippen MR) is 43.9 cm³/mol. The van der Waals surface area contributed by atoms with E-state index in [-0.39, 0.29) is 19.8 Å². The van der Waals surface area contributed by atoms with Crippen molar-refractivity contribution in [2.75, 3.05) is 40.1 Å². The Morgan fingerprint density at radius 2 is 1.67 bits per heavy atom. The molecule has 0 spiro atoms. The maximum atomic E-state index is 8.85. The molecule has 0 aromatic carbocycles. The van der Waals surface area contributed by atoms with Crippen LogP contribution in [0.25, 0.3) is 0 Å². The van der Waals surface area contributed by atoms with Crippen LogP contribution < -0.4 is 5.32 Å². The Kier molecular flexibility index (Phi) is 6.23. The first-order valence-electron chi connectivity index (χ1n) is 3.81. The Bertz CT molecular complexity index is 97.3. The Morgan fingerprint density at radius 3 is 2.00 bits per heavy atom. The Balaban J connectivity index is 3.76. The van der Waals surface area contributed by atoms with Gasteiger partial charge < -0.3 is 25.4 Å². The van der Waals surface area contributed by atoms with Crippen LogP contribution in [0.15, 0.2) is 0 Å². The predicted octanol–water partition coefficient (Wildman–Crippen LogP) is -2.06.